The molecule has 5 N–H and O–H groups in total. The normalized spacial score (nSPS) is 22.3. The minimum absolute atomic E-state index is 0.00187. The Hall–Kier alpha value is -6.65. The summed E-state index contributed by atoms with van der Waals surface area (Å²) in [5.41, 5.74) is 3.82. The van der Waals surface area contributed by atoms with E-state index in [1.165, 1.54) is 31.0 Å². The molecule has 7 rings (SSSR count). The molecule has 0 saturated carbocycles. The Kier molecular flexibility index (Phi) is 14.9. The number of methoxy groups -OCH3 is 1. The number of hydrazine groups is 1. The number of esters is 1. The molecular weight excluding hydrogens is 897 g/mol. The summed E-state index contributed by atoms with van der Waals surface area (Å²) >= 11 is 0. The lowest BCUT2D eigenvalue weighted by atomic mass is 9.84. The summed E-state index contributed by atoms with van der Waals surface area (Å²) in [6.45, 7) is 11.4. The lowest BCUT2D eigenvalue weighted by Gasteiger charge is -2.40. The Morgan fingerprint density at radius 3 is 2.54 bits per heavy atom. The van der Waals surface area contributed by atoms with Crippen LogP contribution in [-0.2, 0) is 59.4 Å². The Morgan fingerprint density at radius 2 is 1.86 bits per heavy atom. The van der Waals surface area contributed by atoms with E-state index in [9.17, 15) is 44.6 Å². The van der Waals surface area contributed by atoms with Gasteiger partial charge < -0.3 is 44.5 Å². The molecule has 18 nitrogen and oxygen atoms in total. The predicted molar refractivity (Wildman–Crippen MR) is 259 cm³/mol. The first kappa shape index (κ1) is 51.2. The van der Waals surface area contributed by atoms with Crippen molar-refractivity contribution in [3.8, 4) is 34.2 Å². The minimum atomic E-state index is -2.31. The molecule has 4 amide bonds. The number of phenolic OH excluding ortho intramolecular Hbond substituents is 1. The van der Waals surface area contributed by atoms with Crippen molar-refractivity contribution in [1.29, 1.82) is 5.26 Å². The van der Waals surface area contributed by atoms with Gasteiger partial charge in [0.2, 0.25) is 11.6 Å². The Labute approximate surface area is 407 Å². The number of cyclic esters (lactones) is 1. The highest BCUT2D eigenvalue weighted by molar-refractivity contribution is 5.99. The van der Waals surface area contributed by atoms with Gasteiger partial charge in [0.05, 0.1) is 31.1 Å². The van der Waals surface area contributed by atoms with E-state index in [0.717, 1.165) is 48.9 Å². The Balaban J connectivity index is 1.30. The zero-order valence-electron chi connectivity index (χ0n) is 41.2. The fourth-order valence-electron chi connectivity index (χ4n) is 10.1. The van der Waals surface area contributed by atoms with Gasteiger partial charge in [0, 0.05) is 81.1 Å². The standard InChI is InChI=1S/C52H64N8O10/c1-9-33(27-53)46(63)58-20-17-51(67,29-58)48(65)57(7)43(31(3)4)45(62)55-40-23-32-21-35(24-36(61)22-32)34-14-15-42-38(25-34)39(44(59(42)10-2)37-13-11-18-54-41(37)28-69-8)26-50(5,6)30-70-49(66)52(68)16-12-19-60(56-52)47(40)64/h9,11,13-15,18,21-22,24-25,31,40,43,56,61,67-68H,10,12,16-17,19-20,23,26,28-30H2,1-8H3,(H,55,62)/b33-9+/t40-,43-,51+,52-/m0/s1. The van der Waals surface area contributed by atoms with Crippen LogP contribution in [0.15, 0.2) is 66.4 Å². The third kappa shape index (κ3) is 10.2. The van der Waals surface area contributed by atoms with Gasteiger partial charge in [0.25, 0.3) is 17.7 Å². The van der Waals surface area contributed by atoms with Gasteiger partial charge in [-0.05, 0) is 91.3 Å². The van der Waals surface area contributed by atoms with Crippen LogP contribution in [0, 0.1) is 22.7 Å². The molecule has 2 fully saturated rings. The number of aromatic hydroxyl groups is 1. The molecule has 0 unspecified atom stereocenters. The number of likely N-dealkylation sites (tertiary alicyclic amines) is 1. The van der Waals surface area contributed by atoms with Crippen LogP contribution in [-0.4, -0.2) is 133 Å². The number of aryl methyl sites for hydroxylation is 1. The third-order valence-electron chi connectivity index (χ3n) is 13.6. The van der Waals surface area contributed by atoms with E-state index in [1.54, 1.807) is 33.2 Å². The highest BCUT2D eigenvalue weighted by Crippen LogP contribution is 2.41. The minimum Gasteiger partial charge on any atom is -0.508 e. The van der Waals surface area contributed by atoms with E-state index >= 15 is 0 Å². The zero-order chi connectivity index (χ0) is 50.9. The molecule has 0 aliphatic carbocycles. The number of aromatic nitrogens is 2. The van der Waals surface area contributed by atoms with Crippen LogP contribution in [0.1, 0.15) is 77.6 Å². The third-order valence-corrected chi connectivity index (χ3v) is 13.6. The molecule has 18 heteroatoms. The van der Waals surface area contributed by atoms with Gasteiger partial charge in [-0.25, -0.2) is 4.79 Å². The number of amides is 4. The second-order valence-electron chi connectivity index (χ2n) is 19.8. The van der Waals surface area contributed by atoms with Crippen LogP contribution in [0.4, 0.5) is 0 Å². The van der Waals surface area contributed by atoms with Crippen LogP contribution < -0.4 is 10.7 Å². The van der Waals surface area contributed by atoms with Crippen molar-refractivity contribution in [2.45, 2.75) is 110 Å². The number of ether oxygens (including phenoxy) is 2. The summed E-state index contributed by atoms with van der Waals surface area (Å²) < 4.78 is 13.7. The molecule has 6 bridgehead atoms. The zero-order valence-corrected chi connectivity index (χ0v) is 41.2. The van der Waals surface area contributed by atoms with Gasteiger partial charge in [-0.1, -0.05) is 45.9 Å². The number of allylic oxidation sites excluding steroid dienone is 1. The number of phenols is 1. The maximum Gasteiger partial charge on any atom is 0.355 e. The molecule has 5 heterocycles. The highest BCUT2D eigenvalue weighted by atomic mass is 16.6. The average Bonchev–Trinajstić information content (AvgIpc) is 3.87. The van der Waals surface area contributed by atoms with Crippen molar-refractivity contribution < 1.29 is 48.8 Å². The number of rotatable bonds is 10. The van der Waals surface area contributed by atoms with Gasteiger partial charge in [-0.3, -0.25) is 29.2 Å². The number of aliphatic hydroxyl groups is 2. The van der Waals surface area contributed by atoms with Crippen molar-refractivity contribution in [2.24, 2.45) is 11.3 Å². The largest absolute Gasteiger partial charge is 0.508 e. The monoisotopic (exact) mass is 960 g/mol. The quantitative estimate of drug-likeness (QED) is 0.0855. The molecule has 70 heavy (non-hydrogen) atoms. The smallest absolute Gasteiger partial charge is 0.355 e. The summed E-state index contributed by atoms with van der Waals surface area (Å²) in [6, 6.07) is 14.1. The number of nitriles is 1. The lowest BCUT2D eigenvalue weighted by molar-refractivity contribution is -0.189. The Morgan fingerprint density at radius 1 is 1.10 bits per heavy atom. The van der Waals surface area contributed by atoms with Crippen LogP contribution in [0.25, 0.3) is 33.3 Å². The van der Waals surface area contributed by atoms with Crippen molar-refractivity contribution >= 4 is 40.5 Å². The molecule has 0 spiro atoms. The van der Waals surface area contributed by atoms with Gasteiger partial charge in [0.15, 0.2) is 5.60 Å². The Bertz CT molecular complexity index is 2780. The van der Waals surface area contributed by atoms with E-state index in [4.69, 9.17) is 9.47 Å². The second-order valence-corrected chi connectivity index (χ2v) is 19.8. The number of carbonyl (C=O) groups excluding carboxylic acids is 5. The fraction of sp³-hybridized carbons (Fsp3) is 0.481. The van der Waals surface area contributed by atoms with E-state index in [-0.39, 0.29) is 63.3 Å². The number of benzene rings is 2. The van der Waals surface area contributed by atoms with Gasteiger partial charge in [-0.2, -0.15) is 10.7 Å². The van der Waals surface area contributed by atoms with Crippen molar-refractivity contribution in [3.63, 3.8) is 0 Å². The van der Waals surface area contributed by atoms with Crippen molar-refractivity contribution in [1.82, 2.24) is 35.1 Å². The molecule has 3 aliphatic rings. The summed E-state index contributed by atoms with van der Waals surface area (Å²) in [5, 5.41) is 49.1. The maximum absolute atomic E-state index is 14.8. The van der Waals surface area contributed by atoms with Crippen molar-refractivity contribution in [3.05, 3.63) is 83.2 Å². The summed E-state index contributed by atoms with van der Waals surface area (Å²) in [4.78, 5) is 77.5. The second kappa shape index (κ2) is 20.4. The number of carbonyl (C=O) groups is 5. The molecule has 2 aromatic heterocycles. The lowest BCUT2D eigenvalue weighted by Crippen LogP contribution is -2.67. The van der Waals surface area contributed by atoms with Crippen molar-refractivity contribution in [2.75, 3.05) is 40.4 Å². The number of hydrogen-bond acceptors (Lipinski definition) is 13. The summed E-state index contributed by atoms with van der Waals surface area (Å²) in [5.74, 6) is -4.55. The molecule has 2 saturated heterocycles. The molecule has 2 aromatic carbocycles. The number of fused-ring (bicyclic) bond motifs is 6. The summed E-state index contributed by atoms with van der Waals surface area (Å²) in [6.07, 6.45) is 3.31. The molecule has 4 atom stereocenters. The number of pyridine rings is 1. The molecule has 372 valence electrons. The molecule has 4 aromatic rings. The number of nitrogens with zero attached hydrogens (tertiary/aromatic N) is 6. The molecular formula is C52H64N8O10. The SMILES string of the molecule is C/C=C(\C#N)C(=O)N1CC[C@](O)(C(=O)N(C)[C@H](C(=O)N[C@H]2Cc3cc(O)cc(c3)-c3ccc4c(c3)c(c(-c3cccnc3COC)n4CC)CC(C)(C)COC(=O)[C@@]3(O)CCCN(N3)C2=O)C(C)C)C1. The van der Waals surface area contributed by atoms with Gasteiger partial charge in [0.1, 0.15) is 29.5 Å². The number of β-amino-alcohol motifs (C(OH)–C–C–N with tert-alkyl or cyclic N) is 1. The fourth-order valence-corrected chi connectivity index (χ4v) is 10.1. The highest BCUT2D eigenvalue weighted by Gasteiger charge is 2.49. The molecule has 0 radical (unpaired) electrons. The first-order valence-electron chi connectivity index (χ1n) is 23.7. The van der Waals surface area contributed by atoms with E-state index in [0.29, 0.717) is 24.1 Å². The number of hydrogen-bond donors (Lipinski definition) is 5. The van der Waals surface area contributed by atoms with Gasteiger partial charge in [-0.15, -0.1) is 0 Å². The maximum atomic E-state index is 14.8. The average molecular weight is 961 g/mol. The van der Waals surface area contributed by atoms with Crippen LogP contribution in [0.2, 0.25) is 0 Å². The molecule has 3 aliphatic heterocycles. The van der Waals surface area contributed by atoms with Crippen LogP contribution in [0.5, 0.6) is 5.75 Å². The predicted octanol–water partition coefficient (Wildman–Crippen LogP) is 4.13. The van der Waals surface area contributed by atoms with E-state index in [1.807, 2.05) is 50.2 Å². The topological polar surface area (TPSA) is 240 Å². The van der Waals surface area contributed by atoms with Crippen LogP contribution >= 0.6 is 0 Å². The van der Waals surface area contributed by atoms with E-state index < -0.39 is 70.9 Å². The first-order valence-corrected chi connectivity index (χ1v) is 23.7. The first-order chi connectivity index (χ1) is 33.2. The summed E-state index contributed by atoms with van der Waals surface area (Å²) in [7, 11) is 2.98. The number of nitrogens with one attached hydrogen (secondary N) is 2. The van der Waals surface area contributed by atoms with E-state index in [2.05, 4.69) is 33.3 Å². The van der Waals surface area contributed by atoms with Gasteiger partial charge >= 0.3 is 5.97 Å². The number of likely N-dealkylation sites (N-methyl/N-ethyl adjacent to an activating group) is 1. The van der Waals surface area contributed by atoms with Crippen LogP contribution in [0.3, 0.4) is 0 Å².